The van der Waals surface area contributed by atoms with E-state index in [9.17, 15) is 4.79 Å². The van der Waals surface area contributed by atoms with Gasteiger partial charge in [-0.15, -0.1) is 0 Å². The van der Waals surface area contributed by atoms with Crippen LogP contribution in [0.25, 0.3) is 11.4 Å². The van der Waals surface area contributed by atoms with Crippen LogP contribution in [0.4, 0.5) is 0 Å². The van der Waals surface area contributed by atoms with E-state index in [-0.39, 0.29) is 5.91 Å². The highest BCUT2D eigenvalue weighted by Gasteiger charge is 2.22. The van der Waals surface area contributed by atoms with Crippen LogP contribution in [0.5, 0.6) is 0 Å². The Labute approximate surface area is 161 Å². The molecular weight excluding hydrogens is 336 g/mol. The van der Waals surface area contributed by atoms with Crippen molar-refractivity contribution < 1.29 is 4.79 Å². The largest absolute Gasteiger partial charge is 0.354 e. The van der Waals surface area contributed by atoms with Gasteiger partial charge in [-0.25, -0.2) is 0 Å². The second-order valence-corrected chi connectivity index (χ2v) is 7.96. The molecule has 2 aliphatic rings. The molecule has 0 unspecified atom stereocenters. The van der Waals surface area contributed by atoms with E-state index in [1.165, 1.54) is 49.8 Å². The summed E-state index contributed by atoms with van der Waals surface area (Å²) in [4.78, 5) is 16.7. The summed E-state index contributed by atoms with van der Waals surface area (Å²) < 4.78 is 2.11. The molecule has 0 bridgehead atoms. The summed E-state index contributed by atoms with van der Waals surface area (Å²) in [6, 6.07) is 5.99. The Morgan fingerprint density at radius 3 is 2.81 bits per heavy atom. The van der Waals surface area contributed by atoms with E-state index in [0.717, 1.165) is 43.1 Å². The molecule has 1 N–H and O–H groups in total. The predicted octanol–water partition coefficient (Wildman–Crippen LogP) is 3.91. The highest BCUT2D eigenvalue weighted by Crippen LogP contribution is 2.30. The van der Waals surface area contributed by atoms with Gasteiger partial charge in [0.1, 0.15) is 5.69 Å². The molecule has 0 atom stereocenters. The monoisotopic (exact) mass is 366 g/mol. The number of aromatic nitrogens is 3. The molecule has 2 aromatic rings. The molecule has 0 spiro atoms. The van der Waals surface area contributed by atoms with Gasteiger partial charge in [0.25, 0.3) is 0 Å². The Bertz CT molecular complexity index is 762. The van der Waals surface area contributed by atoms with Gasteiger partial charge in [-0.1, -0.05) is 31.7 Å². The van der Waals surface area contributed by atoms with Crippen LogP contribution < -0.4 is 5.32 Å². The third-order valence-corrected chi connectivity index (χ3v) is 6.06. The number of pyridine rings is 1. The van der Waals surface area contributed by atoms with Gasteiger partial charge in [-0.3, -0.25) is 14.5 Å². The molecule has 5 heteroatoms. The Kier molecular flexibility index (Phi) is 5.85. The molecule has 5 nitrogen and oxygen atoms in total. The van der Waals surface area contributed by atoms with E-state index in [1.54, 1.807) is 0 Å². The maximum atomic E-state index is 12.2. The molecule has 2 heterocycles. The van der Waals surface area contributed by atoms with Gasteiger partial charge in [0.05, 0.1) is 12.2 Å². The minimum absolute atomic E-state index is 0.188. The fourth-order valence-corrected chi connectivity index (χ4v) is 4.59. The van der Waals surface area contributed by atoms with E-state index in [4.69, 9.17) is 5.10 Å². The highest BCUT2D eigenvalue weighted by atomic mass is 16.1. The predicted molar refractivity (Wildman–Crippen MR) is 106 cm³/mol. The van der Waals surface area contributed by atoms with Crippen LogP contribution in [0.15, 0.2) is 24.4 Å². The summed E-state index contributed by atoms with van der Waals surface area (Å²) in [6.07, 6.45) is 13.4. The molecular formula is C22H30N4O. The lowest BCUT2D eigenvalue weighted by Crippen LogP contribution is -2.28. The topological polar surface area (TPSA) is 59.8 Å². The van der Waals surface area contributed by atoms with Crippen molar-refractivity contribution >= 4 is 5.91 Å². The lowest BCUT2D eigenvalue weighted by molar-refractivity contribution is -0.121. The third-order valence-electron chi connectivity index (χ3n) is 6.06. The maximum Gasteiger partial charge on any atom is 0.220 e. The number of fused-ring (bicyclic) bond motifs is 1. The van der Waals surface area contributed by atoms with Crippen molar-refractivity contribution in [1.82, 2.24) is 20.1 Å². The zero-order valence-corrected chi connectivity index (χ0v) is 16.1. The minimum Gasteiger partial charge on any atom is -0.354 e. The average Bonchev–Trinajstić information content (AvgIpc) is 3.35. The summed E-state index contributed by atoms with van der Waals surface area (Å²) in [7, 11) is 0. The number of nitrogens with zero attached hydrogens (tertiary/aromatic N) is 3. The summed E-state index contributed by atoms with van der Waals surface area (Å²) in [5.74, 6) is 0.961. The molecule has 1 amide bonds. The molecule has 27 heavy (non-hydrogen) atoms. The van der Waals surface area contributed by atoms with E-state index >= 15 is 0 Å². The summed E-state index contributed by atoms with van der Waals surface area (Å²) in [5, 5.41) is 7.97. The molecule has 2 aliphatic carbocycles. The van der Waals surface area contributed by atoms with Gasteiger partial charge in [-0.05, 0) is 50.2 Å². The van der Waals surface area contributed by atoms with Gasteiger partial charge in [-0.2, -0.15) is 5.10 Å². The standard InChI is InChI=1S/C22H30N4O/c27-21(13-12-17-7-1-2-8-17)24-15-16-26-20-11-4-3-9-18(20)22(25-26)19-10-5-6-14-23-19/h5-6,10,14,17H,1-4,7-9,11-13,15-16H2,(H,24,27). The molecule has 0 radical (unpaired) electrons. The van der Waals surface area contributed by atoms with Gasteiger partial charge in [0.15, 0.2) is 0 Å². The minimum atomic E-state index is 0.188. The SMILES string of the molecule is O=C(CCC1CCCC1)NCCn1nc(-c2ccccn2)c2c1CCCC2. The number of nitrogens with one attached hydrogen (secondary N) is 1. The number of carbonyl (C=O) groups excluding carboxylic acids is 1. The van der Waals surface area contributed by atoms with Crippen LogP contribution in [0.1, 0.15) is 62.6 Å². The molecule has 4 rings (SSSR count). The second-order valence-electron chi connectivity index (χ2n) is 7.96. The first kappa shape index (κ1) is 18.2. The summed E-state index contributed by atoms with van der Waals surface area (Å²) >= 11 is 0. The number of amides is 1. The van der Waals surface area contributed by atoms with Gasteiger partial charge in [0, 0.05) is 30.4 Å². The Balaban J connectivity index is 1.36. The molecule has 144 valence electrons. The Morgan fingerprint density at radius 2 is 2.00 bits per heavy atom. The van der Waals surface area contributed by atoms with E-state index in [0.29, 0.717) is 13.0 Å². The van der Waals surface area contributed by atoms with Crippen LogP contribution in [-0.2, 0) is 24.2 Å². The van der Waals surface area contributed by atoms with Crippen molar-refractivity contribution in [2.45, 2.75) is 70.8 Å². The lowest BCUT2D eigenvalue weighted by atomic mass is 9.95. The fraction of sp³-hybridized carbons (Fsp3) is 0.591. The first-order chi connectivity index (χ1) is 13.3. The van der Waals surface area contributed by atoms with E-state index in [1.807, 2.05) is 24.4 Å². The van der Waals surface area contributed by atoms with Crippen LogP contribution in [0.2, 0.25) is 0 Å². The second kappa shape index (κ2) is 8.68. The fourth-order valence-electron chi connectivity index (χ4n) is 4.59. The van der Waals surface area contributed by atoms with Crippen LogP contribution in [0.3, 0.4) is 0 Å². The zero-order chi connectivity index (χ0) is 18.5. The molecule has 0 aliphatic heterocycles. The Hall–Kier alpha value is -2.17. The average molecular weight is 367 g/mol. The first-order valence-corrected chi connectivity index (χ1v) is 10.6. The van der Waals surface area contributed by atoms with Gasteiger partial charge >= 0.3 is 0 Å². The van der Waals surface area contributed by atoms with Crippen molar-refractivity contribution in [3.63, 3.8) is 0 Å². The summed E-state index contributed by atoms with van der Waals surface area (Å²) in [6.45, 7) is 1.39. The van der Waals surface area contributed by atoms with Crippen molar-refractivity contribution in [3.8, 4) is 11.4 Å². The molecule has 0 aromatic carbocycles. The van der Waals surface area contributed by atoms with Crippen molar-refractivity contribution in [3.05, 3.63) is 35.7 Å². The smallest absolute Gasteiger partial charge is 0.220 e. The number of carbonyl (C=O) groups is 1. The molecule has 1 fully saturated rings. The quantitative estimate of drug-likeness (QED) is 0.808. The number of hydrogen-bond acceptors (Lipinski definition) is 3. The normalized spacial score (nSPS) is 17.0. The molecule has 2 aromatic heterocycles. The zero-order valence-electron chi connectivity index (χ0n) is 16.1. The van der Waals surface area contributed by atoms with E-state index in [2.05, 4.69) is 15.0 Å². The number of rotatable bonds is 7. The third kappa shape index (κ3) is 4.40. The summed E-state index contributed by atoms with van der Waals surface area (Å²) in [5.41, 5.74) is 4.67. The van der Waals surface area contributed by atoms with Crippen molar-refractivity contribution in [1.29, 1.82) is 0 Å². The lowest BCUT2D eigenvalue weighted by Gasteiger charge is -2.14. The maximum absolute atomic E-state index is 12.2. The van der Waals surface area contributed by atoms with Gasteiger partial charge < -0.3 is 5.32 Å². The molecule has 1 saturated carbocycles. The van der Waals surface area contributed by atoms with Crippen LogP contribution in [-0.4, -0.2) is 27.2 Å². The highest BCUT2D eigenvalue weighted by molar-refractivity contribution is 5.75. The number of hydrogen-bond donors (Lipinski definition) is 1. The van der Waals surface area contributed by atoms with Crippen LogP contribution in [0, 0.1) is 5.92 Å². The van der Waals surface area contributed by atoms with Crippen molar-refractivity contribution in [2.75, 3.05) is 6.54 Å². The first-order valence-electron chi connectivity index (χ1n) is 10.6. The van der Waals surface area contributed by atoms with Crippen LogP contribution >= 0.6 is 0 Å². The Morgan fingerprint density at radius 1 is 1.15 bits per heavy atom. The molecule has 0 saturated heterocycles. The van der Waals surface area contributed by atoms with Gasteiger partial charge in [0.2, 0.25) is 5.91 Å². The van der Waals surface area contributed by atoms with Crippen molar-refractivity contribution in [2.24, 2.45) is 5.92 Å². The van der Waals surface area contributed by atoms with E-state index < -0.39 is 0 Å².